The summed E-state index contributed by atoms with van der Waals surface area (Å²) in [7, 11) is 0. The summed E-state index contributed by atoms with van der Waals surface area (Å²) in [5.74, 6) is -0.444. The van der Waals surface area contributed by atoms with Crippen LogP contribution >= 0.6 is 11.3 Å². The van der Waals surface area contributed by atoms with E-state index in [0.717, 1.165) is 28.1 Å². The molecule has 2 aromatic carbocycles. The third-order valence-electron chi connectivity index (χ3n) is 6.57. The summed E-state index contributed by atoms with van der Waals surface area (Å²) in [6.45, 7) is 6.58. The number of aryl methyl sites for hydroxylation is 2. The molecular weight excluding hydrogens is 456 g/mol. The summed E-state index contributed by atoms with van der Waals surface area (Å²) in [6.07, 6.45) is 0.840. The Morgan fingerprint density at radius 1 is 1.09 bits per heavy atom. The quantitative estimate of drug-likeness (QED) is 0.408. The van der Waals surface area contributed by atoms with Gasteiger partial charge in [0.05, 0.1) is 11.4 Å². The Morgan fingerprint density at radius 3 is 2.60 bits per heavy atom. The summed E-state index contributed by atoms with van der Waals surface area (Å²) in [4.78, 5) is 30.3. The molecule has 0 spiro atoms. The average molecular weight is 485 g/mol. The van der Waals surface area contributed by atoms with Crippen LogP contribution in [0.4, 0.5) is 5.69 Å². The molecule has 1 aliphatic rings. The third-order valence-corrected chi connectivity index (χ3v) is 7.46. The molecule has 1 unspecified atom stereocenters. The van der Waals surface area contributed by atoms with Crippen LogP contribution < -0.4 is 10.2 Å². The zero-order valence-corrected chi connectivity index (χ0v) is 20.9. The molecule has 0 saturated carbocycles. The van der Waals surface area contributed by atoms with Gasteiger partial charge < -0.3 is 5.32 Å². The van der Waals surface area contributed by atoms with Gasteiger partial charge in [0.15, 0.2) is 0 Å². The number of hydrogen-bond acceptors (Lipinski definition) is 4. The van der Waals surface area contributed by atoms with Gasteiger partial charge in [0.1, 0.15) is 16.9 Å². The minimum atomic E-state index is -1.15. The third kappa shape index (κ3) is 4.28. The van der Waals surface area contributed by atoms with Crippen LogP contribution in [0.2, 0.25) is 0 Å². The van der Waals surface area contributed by atoms with Gasteiger partial charge in [-0.25, -0.2) is 0 Å². The Morgan fingerprint density at radius 2 is 1.89 bits per heavy atom. The van der Waals surface area contributed by atoms with Crippen LogP contribution in [0, 0.1) is 6.92 Å². The van der Waals surface area contributed by atoms with Crippen molar-refractivity contribution in [3.8, 4) is 10.6 Å². The van der Waals surface area contributed by atoms with E-state index >= 15 is 0 Å². The second-order valence-corrected chi connectivity index (χ2v) is 10.1. The van der Waals surface area contributed by atoms with Crippen LogP contribution in [-0.4, -0.2) is 27.1 Å². The van der Waals surface area contributed by atoms with Crippen molar-refractivity contribution in [3.05, 3.63) is 94.5 Å². The number of rotatable bonds is 6. The van der Waals surface area contributed by atoms with Crippen LogP contribution in [0.25, 0.3) is 10.6 Å². The predicted molar refractivity (Wildman–Crippen MR) is 140 cm³/mol. The number of aromatic nitrogens is 2. The highest BCUT2D eigenvalue weighted by molar-refractivity contribution is 7.13. The number of nitrogens with zero attached hydrogens (tertiary/aromatic N) is 3. The number of benzene rings is 2. The average Bonchev–Trinajstić information content (AvgIpc) is 3.54. The van der Waals surface area contributed by atoms with Crippen molar-refractivity contribution in [2.75, 3.05) is 4.90 Å². The first kappa shape index (κ1) is 23.1. The number of carbonyl (C=O) groups is 2. The standard InChI is InChI=1S/C28H28N4O2S/c1-4-20-7-5-8-22(15-20)32-26(33)24-16-23(25-9-6-14-35-25)30-31(24)18-28(32,3)27(34)29-17-21-12-10-19(2)11-13-21/h5-16H,4,17-18H2,1-3H3,(H,29,34). The highest BCUT2D eigenvalue weighted by Gasteiger charge is 2.49. The first-order valence-electron chi connectivity index (χ1n) is 11.8. The lowest BCUT2D eigenvalue weighted by atomic mass is 9.93. The first-order chi connectivity index (χ1) is 16.9. The van der Waals surface area contributed by atoms with Gasteiger partial charge in [-0.2, -0.15) is 5.10 Å². The molecule has 1 aliphatic heterocycles. The molecule has 6 nitrogen and oxygen atoms in total. The van der Waals surface area contributed by atoms with E-state index in [4.69, 9.17) is 5.10 Å². The summed E-state index contributed by atoms with van der Waals surface area (Å²) in [6, 6.07) is 21.7. The number of nitrogens with one attached hydrogen (secondary N) is 1. The minimum absolute atomic E-state index is 0.216. The van der Waals surface area contributed by atoms with Crippen LogP contribution in [0.3, 0.4) is 0 Å². The fraction of sp³-hybridized carbons (Fsp3) is 0.250. The van der Waals surface area contributed by atoms with Gasteiger partial charge in [-0.05, 0) is 61.0 Å². The van der Waals surface area contributed by atoms with Crippen molar-refractivity contribution in [2.45, 2.75) is 45.8 Å². The van der Waals surface area contributed by atoms with Crippen LogP contribution in [0.1, 0.15) is 41.0 Å². The molecule has 0 radical (unpaired) electrons. The largest absolute Gasteiger partial charge is 0.350 e. The molecule has 3 heterocycles. The smallest absolute Gasteiger partial charge is 0.277 e. The fourth-order valence-electron chi connectivity index (χ4n) is 4.52. The monoisotopic (exact) mass is 484 g/mol. The van der Waals surface area contributed by atoms with Gasteiger partial charge in [0.2, 0.25) is 5.91 Å². The maximum Gasteiger partial charge on any atom is 0.277 e. The second kappa shape index (κ2) is 9.15. The molecule has 2 amide bonds. The lowest BCUT2D eigenvalue weighted by molar-refractivity contribution is -0.126. The maximum atomic E-state index is 13.9. The lowest BCUT2D eigenvalue weighted by Crippen LogP contribution is -2.64. The Hall–Kier alpha value is -3.71. The SMILES string of the molecule is CCc1cccc(N2C(=O)c3cc(-c4cccs4)nn3CC2(C)C(=O)NCc2ccc(C)cc2)c1. The van der Waals surface area contributed by atoms with E-state index < -0.39 is 5.54 Å². The predicted octanol–water partition coefficient (Wildman–Crippen LogP) is 5.22. The zero-order chi connectivity index (χ0) is 24.6. The molecule has 0 bridgehead atoms. The minimum Gasteiger partial charge on any atom is -0.350 e. The van der Waals surface area contributed by atoms with Crippen molar-refractivity contribution < 1.29 is 9.59 Å². The van der Waals surface area contributed by atoms with Gasteiger partial charge in [0.25, 0.3) is 5.91 Å². The lowest BCUT2D eigenvalue weighted by Gasteiger charge is -2.43. The molecule has 178 valence electrons. The highest BCUT2D eigenvalue weighted by atomic mass is 32.1. The molecule has 1 atom stereocenters. The number of amides is 2. The number of fused-ring (bicyclic) bond motifs is 1. The number of thiophene rings is 1. The molecular formula is C28H28N4O2S. The summed E-state index contributed by atoms with van der Waals surface area (Å²) < 4.78 is 1.68. The summed E-state index contributed by atoms with van der Waals surface area (Å²) in [5, 5.41) is 9.77. The van der Waals surface area contributed by atoms with E-state index in [2.05, 4.69) is 12.2 Å². The van der Waals surface area contributed by atoms with E-state index in [-0.39, 0.29) is 18.4 Å². The Kier molecular flexibility index (Phi) is 6.03. The van der Waals surface area contributed by atoms with Crippen molar-refractivity contribution >= 4 is 28.8 Å². The summed E-state index contributed by atoms with van der Waals surface area (Å²) in [5.41, 5.74) is 4.08. The van der Waals surface area contributed by atoms with Gasteiger partial charge in [-0.15, -0.1) is 11.3 Å². The van der Waals surface area contributed by atoms with E-state index in [9.17, 15) is 9.59 Å². The molecule has 0 saturated heterocycles. The Bertz CT molecular complexity index is 1370. The van der Waals surface area contributed by atoms with Gasteiger partial charge in [-0.3, -0.25) is 19.2 Å². The van der Waals surface area contributed by atoms with Gasteiger partial charge in [0, 0.05) is 12.2 Å². The first-order valence-corrected chi connectivity index (χ1v) is 12.7. The maximum absolute atomic E-state index is 13.9. The molecule has 35 heavy (non-hydrogen) atoms. The second-order valence-electron chi connectivity index (χ2n) is 9.16. The molecule has 0 aliphatic carbocycles. The van der Waals surface area contributed by atoms with Crippen LogP contribution in [0.5, 0.6) is 0 Å². The van der Waals surface area contributed by atoms with Crippen molar-refractivity contribution in [3.63, 3.8) is 0 Å². The molecule has 0 fully saturated rings. The number of hydrogen-bond donors (Lipinski definition) is 1. The molecule has 5 rings (SSSR count). The van der Waals surface area contributed by atoms with E-state index in [1.807, 2.05) is 86.0 Å². The molecule has 7 heteroatoms. The highest BCUT2D eigenvalue weighted by Crippen LogP contribution is 2.35. The van der Waals surface area contributed by atoms with E-state index in [0.29, 0.717) is 17.9 Å². The zero-order valence-electron chi connectivity index (χ0n) is 20.1. The Balaban J connectivity index is 1.53. The molecule has 4 aromatic rings. The van der Waals surface area contributed by atoms with Crippen LogP contribution in [0.15, 0.2) is 72.1 Å². The van der Waals surface area contributed by atoms with Gasteiger partial charge >= 0.3 is 0 Å². The normalized spacial score (nSPS) is 17.3. The van der Waals surface area contributed by atoms with Crippen LogP contribution in [-0.2, 0) is 24.3 Å². The molecule has 2 aromatic heterocycles. The van der Waals surface area contributed by atoms with Gasteiger partial charge in [-0.1, -0.05) is 55.0 Å². The summed E-state index contributed by atoms with van der Waals surface area (Å²) >= 11 is 1.58. The number of carbonyl (C=O) groups excluding carboxylic acids is 2. The fourth-order valence-corrected chi connectivity index (χ4v) is 5.21. The topological polar surface area (TPSA) is 67.2 Å². The molecule has 1 N–H and O–H groups in total. The van der Waals surface area contributed by atoms with E-state index in [1.165, 1.54) is 5.56 Å². The van der Waals surface area contributed by atoms with E-state index in [1.54, 1.807) is 20.9 Å². The van der Waals surface area contributed by atoms with Crippen molar-refractivity contribution in [1.82, 2.24) is 15.1 Å². The number of anilines is 1. The van der Waals surface area contributed by atoms with Crippen molar-refractivity contribution in [2.24, 2.45) is 0 Å². The van der Waals surface area contributed by atoms with Crippen molar-refractivity contribution in [1.29, 1.82) is 0 Å². The Labute approximate surface area is 209 Å².